The molecule has 25 heavy (non-hydrogen) atoms. The Balaban J connectivity index is 1.89. The second kappa shape index (κ2) is 6.64. The van der Waals surface area contributed by atoms with Crippen LogP contribution in [-0.2, 0) is 0 Å². The van der Waals surface area contributed by atoms with E-state index >= 15 is 0 Å². The number of hydrogen-bond donors (Lipinski definition) is 2. The van der Waals surface area contributed by atoms with Crippen molar-refractivity contribution in [2.45, 2.75) is 6.92 Å². The first kappa shape index (κ1) is 16.5. The number of hydrogen-bond acceptors (Lipinski definition) is 4. The molecule has 0 spiro atoms. The van der Waals surface area contributed by atoms with Gasteiger partial charge in [-0.1, -0.05) is 12.1 Å². The third-order valence-electron chi connectivity index (χ3n) is 3.63. The van der Waals surface area contributed by atoms with Crippen LogP contribution in [0.5, 0.6) is 0 Å². The Morgan fingerprint density at radius 2 is 1.84 bits per heavy atom. The Hall–Kier alpha value is -3.35. The number of nitrogens with two attached hydrogens (primary N) is 1. The molecule has 0 aliphatic heterocycles. The third-order valence-corrected chi connectivity index (χ3v) is 3.63. The molecular formula is C18H14F2N4O. The smallest absolute Gasteiger partial charge is 0.274 e. The van der Waals surface area contributed by atoms with Crippen molar-refractivity contribution >= 4 is 17.3 Å². The van der Waals surface area contributed by atoms with Gasteiger partial charge in [0.15, 0.2) is 0 Å². The fourth-order valence-electron chi connectivity index (χ4n) is 2.21. The molecule has 0 atom stereocenters. The van der Waals surface area contributed by atoms with Crippen molar-refractivity contribution in [2.75, 3.05) is 11.1 Å². The molecule has 5 nitrogen and oxygen atoms in total. The van der Waals surface area contributed by atoms with Crippen LogP contribution in [0.1, 0.15) is 16.1 Å². The second-order valence-corrected chi connectivity index (χ2v) is 5.43. The predicted octanol–water partition coefficient (Wildman–Crippen LogP) is 3.56. The predicted molar refractivity (Wildman–Crippen MR) is 90.9 cm³/mol. The Kier molecular flexibility index (Phi) is 4.38. The van der Waals surface area contributed by atoms with E-state index in [4.69, 9.17) is 5.73 Å². The standard InChI is InChI=1S/C18H14F2N4O/c1-10-2-6-14(23-17(10)20)18(25)24-15-8-11(3-5-13(15)21)12-4-7-16(19)22-9-12/h2-9H,21H2,1H3,(H,24,25). The van der Waals surface area contributed by atoms with Gasteiger partial charge in [0.2, 0.25) is 11.9 Å². The van der Waals surface area contributed by atoms with Gasteiger partial charge in [-0.15, -0.1) is 0 Å². The first-order valence-corrected chi connectivity index (χ1v) is 7.40. The number of carbonyl (C=O) groups is 1. The summed E-state index contributed by atoms with van der Waals surface area (Å²) in [6.07, 6.45) is 1.38. The Bertz CT molecular complexity index is 942. The highest BCUT2D eigenvalue weighted by Crippen LogP contribution is 2.27. The number of nitrogens with zero attached hydrogens (tertiary/aromatic N) is 2. The highest BCUT2D eigenvalue weighted by molar-refractivity contribution is 6.04. The third kappa shape index (κ3) is 3.60. The van der Waals surface area contributed by atoms with Crippen LogP contribution in [0.4, 0.5) is 20.2 Å². The van der Waals surface area contributed by atoms with E-state index in [0.29, 0.717) is 28.1 Å². The van der Waals surface area contributed by atoms with E-state index in [1.165, 1.54) is 24.4 Å². The topological polar surface area (TPSA) is 80.9 Å². The highest BCUT2D eigenvalue weighted by atomic mass is 19.1. The maximum atomic E-state index is 13.5. The monoisotopic (exact) mass is 340 g/mol. The molecule has 0 unspecified atom stereocenters. The van der Waals surface area contributed by atoms with Gasteiger partial charge in [-0.3, -0.25) is 4.79 Å². The number of nitrogen functional groups attached to an aromatic ring is 1. The molecule has 2 heterocycles. The lowest BCUT2D eigenvalue weighted by molar-refractivity contribution is 0.102. The number of rotatable bonds is 3. The summed E-state index contributed by atoms with van der Waals surface area (Å²) in [5, 5.41) is 2.61. The summed E-state index contributed by atoms with van der Waals surface area (Å²) in [6, 6.07) is 10.7. The normalized spacial score (nSPS) is 10.5. The lowest BCUT2D eigenvalue weighted by atomic mass is 10.1. The van der Waals surface area contributed by atoms with Crippen molar-refractivity contribution in [3.8, 4) is 11.1 Å². The van der Waals surface area contributed by atoms with Crippen LogP contribution in [0.2, 0.25) is 0 Å². The summed E-state index contributed by atoms with van der Waals surface area (Å²) in [4.78, 5) is 19.5. The molecular weight excluding hydrogens is 326 g/mol. The zero-order chi connectivity index (χ0) is 18.0. The number of aromatic nitrogens is 2. The van der Waals surface area contributed by atoms with Crippen molar-refractivity contribution in [3.05, 3.63) is 71.8 Å². The number of carbonyl (C=O) groups excluding carboxylic acids is 1. The molecule has 1 amide bonds. The zero-order valence-electron chi connectivity index (χ0n) is 13.3. The molecule has 0 aliphatic rings. The summed E-state index contributed by atoms with van der Waals surface area (Å²) in [5.41, 5.74) is 8.21. The number of aryl methyl sites for hydroxylation is 1. The molecule has 3 aromatic rings. The van der Waals surface area contributed by atoms with Gasteiger partial charge in [0.25, 0.3) is 5.91 Å². The Morgan fingerprint density at radius 3 is 2.52 bits per heavy atom. The first-order valence-electron chi connectivity index (χ1n) is 7.40. The molecule has 3 rings (SSSR count). The summed E-state index contributed by atoms with van der Waals surface area (Å²) in [7, 11) is 0. The van der Waals surface area contributed by atoms with Crippen molar-refractivity contribution in [1.82, 2.24) is 9.97 Å². The fourth-order valence-corrected chi connectivity index (χ4v) is 2.21. The average molecular weight is 340 g/mol. The summed E-state index contributed by atoms with van der Waals surface area (Å²) >= 11 is 0. The number of halogens is 2. The van der Waals surface area contributed by atoms with Crippen LogP contribution in [0.25, 0.3) is 11.1 Å². The van der Waals surface area contributed by atoms with Gasteiger partial charge in [-0.05, 0) is 42.8 Å². The van der Waals surface area contributed by atoms with E-state index < -0.39 is 17.8 Å². The number of nitrogens with one attached hydrogen (secondary N) is 1. The van der Waals surface area contributed by atoms with Gasteiger partial charge in [-0.2, -0.15) is 8.78 Å². The number of amides is 1. The quantitative estimate of drug-likeness (QED) is 0.564. The van der Waals surface area contributed by atoms with E-state index in [-0.39, 0.29) is 5.69 Å². The van der Waals surface area contributed by atoms with Gasteiger partial charge in [0, 0.05) is 17.3 Å². The van der Waals surface area contributed by atoms with Gasteiger partial charge >= 0.3 is 0 Å². The maximum Gasteiger partial charge on any atom is 0.274 e. The molecule has 3 N–H and O–H groups in total. The van der Waals surface area contributed by atoms with E-state index in [9.17, 15) is 13.6 Å². The Labute approximate surface area is 142 Å². The summed E-state index contributed by atoms with van der Waals surface area (Å²) < 4.78 is 26.5. The van der Waals surface area contributed by atoms with E-state index in [1.54, 1.807) is 31.2 Å². The van der Waals surface area contributed by atoms with Crippen LogP contribution in [0.3, 0.4) is 0 Å². The van der Waals surface area contributed by atoms with Crippen LogP contribution in [0, 0.1) is 18.8 Å². The van der Waals surface area contributed by atoms with E-state index in [0.717, 1.165) is 0 Å². The Morgan fingerprint density at radius 1 is 1.08 bits per heavy atom. The number of benzene rings is 1. The van der Waals surface area contributed by atoms with Crippen LogP contribution < -0.4 is 11.1 Å². The summed E-state index contributed by atoms with van der Waals surface area (Å²) in [6.45, 7) is 1.56. The van der Waals surface area contributed by atoms with Crippen molar-refractivity contribution in [1.29, 1.82) is 0 Å². The van der Waals surface area contributed by atoms with Gasteiger partial charge in [0.1, 0.15) is 5.69 Å². The van der Waals surface area contributed by atoms with Gasteiger partial charge < -0.3 is 11.1 Å². The molecule has 7 heteroatoms. The van der Waals surface area contributed by atoms with E-state index in [2.05, 4.69) is 15.3 Å². The lowest BCUT2D eigenvalue weighted by Gasteiger charge is -2.10. The van der Waals surface area contributed by atoms with Crippen LogP contribution in [0.15, 0.2) is 48.7 Å². The molecule has 2 aromatic heterocycles. The van der Waals surface area contributed by atoms with Crippen molar-refractivity contribution in [3.63, 3.8) is 0 Å². The molecule has 0 bridgehead atoms. The second-order valence-electron chi connectivity index (χ2n) is 5.43. The van der Waals surface area contributed by atoms with Gasteiger partial charge in [0.05, 0.1) is 11.4 Å². The first-order chi connectivity index (χ1) is 11.9. The number of anilines is 2. The molecule has 0 saturated heterocycles. The molecule has 1 aromatic carbocycles. The van der Waals surface area contributed by atoms with Crippen LogP contribution in [-0.4, -0.2) is 15.9 Å². The van der Waals surface area contributed by atoms with E-state index in [1.807, 2.05) is 0 Å². The largest absolute Gasteiger partial charge is 0.397 e. The minimum Gasteiger partial charge on any atom is -0.397 e. The molecule has 0 radical (unpaired) electrons. The highest BCUT2D eigenvalue weighted by Gasteiger charge is 2.12. The minimum absolute atomic E-state index is 0.0589. The SMILES string of the molecule is Cc1ccc(C(=O)Nc2cc(-c3ccc(F)nc3)ccc2N)nc1F. The molecule has 126 valence electrons. The van der Waals surface area contributed by atoms with Crippen molar-refractivity contribution < 1.29 is 13.6 Å². The summed E-state index contributed by atoms with van der Waals surface area (Å²) in [5.74, 6) is -1.87. The zero-order valence-corrected chi connectivity index (χ0v) is 13.3. The van der Waals surface area contributed by atoms with Gasteiger partial charge in [-0.25, -0.2) is 9.97 Å². The van der Waals surface area contributed by atoms with Crippen LogP contribution >= 0.6 is 0 Å². The average Bonchev–Trinajstić information content (AvgIpc) is 2.60. The molecule has 0 aliphatic carbocycles. The molecule has 0 fully saturated rings. The van der Waals surface area contributed by atoms with Crippen molar-refractivity contribution in [2.24, 2.45) is 0 Å². The fraction of sp³-hybridized carbons (Fsp3) is 0.0556. The minimum atomic E-state index is -0.702. The lowest BCUT2D eigenvalue weighted by Crippen LogP contribution is -2.15. The maximum absolute atomic E-state index is 13.5. The number of pyridine rings is 2. The molecule has 0 saturated carbocycles.